The van der Waals surface area contributed by atoms with E-state index in [9.17, 15) is 4.79 Å². The van der Waals surface area contributed by atoms with Crippen LogP contribution in [0.2, 0.25) is 0 Å². The molecule has 2 aromatic rings. The maximum Gasteiger partial charge on any atom is 0.235 e. The molecule has 5 heteroatoms. The summed E-state index contributed by atoms with van der Waals surface area (Å²) in [4.78, 5) is 15.8. The van der Waals surface area contributed by atoms with Crippen LogP contribution in [0.25, 0.3) is 0 Å². The zero-order valence-corrected chi connectivity index (χ0v) is 18.6. The smallest absolute Gasteiger partial charge is 0.235 e. The molecule has 31 heavy (non-hydrogen) atoms. The summed E-state index contributed by atoms with van der Waals surface area (Å²) in [7, 11) is 1.66. The van der Waals surface area contributed by atoms with Crippen molar-refractivity contribution in [3.05, 3.63) is 54.1 Å². The van der Waals surface area contributed by atoms with E-state index in [1.165, 1.54) is 32.4 Å². The summed E-state index contributed by atoms with van der Waals surface area (Å²) in [6.45, 7) is 4.05. The Kier molecular flexibility index (Phi) is 7.13. The Morgan fingerprint density at radius 3 is 2.19 bits per heavy atom. The lowest BCUT2D eigenvalue weighted by Gasteiger charge is -2.28. The van der Waals surface area contributed by atoms with Gasteiger partial charge in [-0.1, -0.05) is 31.4 Å². The predicted molar refractivity (Wildman–Crippen MR) is 124 cm³/mol. The highest BCUT2D eigenvalue weighted by Gasteiger charge is 2.42. The van der Waals surface area contributed by atoms with E-state index < -0.39 is 5.41 Å². The number of anilines is 1. The topological polar surface area (TPSA) is 50.8 Å². The second-order valence-electron chi connectivity index (χ2n) is 8.75. The first-order valence-electron chi connectivity index (χ1n) is 11.6. The van der Waals surface area contributed by atoms with Gasteiger partial charge in [-0.15, -0.1) is 0 Å². The number of rotatable bonds is 8. The quantitative estimate of drug-likeness (QED) is 0.650. The minimum absolute atomic E-state index is 0.0777. The van der Waals surface area contributed by atoms with Crippen molar-refractivity contribution in [1.82, 2.24) is 4.90 Å². The zero-order chi connectivity index (χ0) is 21.5. The third-order valence-corrected chi connectivity index (χ3v) is 6.77. The number of piperidine rings is 1. The Hall–Kier alpha value is -2.53. The van der Waals surface area contributed by atoms with Gasteiger partial charge in [-0.2, -0.15) is 0 Å². The highest BCUT2D eigenvalue weighted by Crippen LogP contribution is 2.42. The van der Waals surface area contributed by atoms with E-state index in [0.29, 0.717) is 6.61 Å². The molecule has 1 saturated heterocycles. The van der Waals surface area contributed by atoms with Gasteiger partial charge in [0, 0.05) is 12.2 Å². The second-order valence-corrected chi connectivity index (χ2v) is 8.75. The van der Waals surface area contributed by atoms with Crippen LogP contribution in [0.5, 0.6) is 11.5 Å². The fraction of sp³-hybridized carbons (Fsp3) is 0.500. The van der Waals surface area contributed by atoms with Crippen molar-refractivity contribution in [3.8, 4) is 11.5 Å². The number of hydrogen-bond donors (Lipinski definition) is 1. The van der Waals surface area contributed by atoms with Crippen molar-refractivity contribution in [3.63, 3.8) is 0 Å². The molecule has 4 rings (SSSR count). The lowest BCUT2D eigenvalue weighted by molar-refractivity contribution is -0.121. The Balaban J connectivity index is 1.35. The monoisotopic (exact) mass is 422 g/mol. The minimum Gasteiger partial charge on any atom is -0.497 e. The largest absolute Gasteiger partial charge is 0.497 e. The minimum atomic E-state index is -0.462. The van der Waals surface area contributed by atoms with Gasteiger partial charge in [-0.3, -0.25) is 9.69 Å². The van der Waals surface area contributed by atoms with Gasteiger partial charge in [0.05, 0.1) is 12.5 Å². The molecule has 1 heterocycles. The van der Waals surface area contributed by atoms with Crippen LogP contribution >= 0.6 is 0 Å². The summed E-state index contributed by atoms with van der Waals surface area (Å²) < 4.78 is 11.2. The molecule has 2 aromatic carbocycles. The predicted octanol–water partition coefficient (Wildman–Crippen LogP) is 5.01. The number of carbonyl (C=O) groups excluding carboxylic acids is 1. The van der Waals surface area contributed by atoms with Gasteiger partial charge >= 0.3 is 0 Å². The lowest BCUT2D eigenvalue weighted by atomic mass is 9.78. The van der Waals surface area contributed by atoms with Crippen molar-refractivity contribution in [1.29, 1.82) is 0 Å². The highest BCUT2D eigenvalue weighted by atomic mass is 16.5. The number of ether oxygens (including phenoxy) is 2. The molecule has 2 aliphatic rings. The number of nitrogens with zero attached hydrogens (tertiary/aromatic N) is 1. The maximum absolute atomic E-state index is 13.3. The lowest BCUT2D eigenvalue weighted by Crippen LogP contribution is -2.37. The molecule has 0 bridgehead atoms. The van der Waals surface area contributed by atoms with Gasteiger partial charge in [0.2, 0.25) is 5.91 Å². The van der Waals surface area contributed by atoms with Crippen molar-refractivity contribution in [2.75, 3.05) is 38.7 Å². The molecular weight excluding hydrogens is 388 g/mol. The third-order valence-electron chi connectivity index (χ3n) is 6.77. The van der Waals surface area contributed by atoms with Crippen LogP contribution in [0.3, 0.4) is 0 Å². The van der Waals surface area contributed by atoms with Gasteiger partial charge in [0.15, 0.2) is 0 Å². The van der Waals surface area contributed by atoms with E-state index in [4.69, 9.17) is 9.47 Å². The fourth-order valence-corrected chi connectivity index (χ4v) is 4.90. The van der Waals surface area contributed by atoms with Crippen LogP contribution in [0.1, 0.15) is 50.5 Å². The summed E-state index contributed by atoms with van der Waals surface area (Å²) in [5.74, 6) is 1.74. The molecule has 5 nitrogen and oxygen atoms in total. The second kappa shape index (κ2) is 10.2. The first-order valence-corrected chi connectivity index (χ1v) is 11.6. The number of amides is 1. The summed E-state index contributed by atoms with van der Waals surface area (Å²) in [6.07, 6.45) is 7.85. The van der Waals surface area contributed by atoms with Gasteiger partial charge < -0.3 is 14.8 Å². The first-order chi connectivity index (χ1) is 15.2. The van der Waals surface area contributed by atoms with Crippen molar-refractivity contribution >= 4 is 11.6 Å². The van der Waals surface area contributed by atoms with Gasteiger partial charge in [-0.25, -0.2) is 0 Å². The van der Waals surface area contributed by atoms with E-state index >= 15 is 0 Å². The molecule has 0 spiro atoms. The Morgan fingerprint density at radius 1 is 0.903 bits per heavy atom. The highest BCUT2D eigenvalue weighted by molar-refractivity contribution is 5.99. The van der Waals surface area contributed by atoms with Crippen LogP contribution < -0.4 is 14.8 Å². The molecule has 1 amide bonds. The van der Waals surface area contributed by atoms with E-state index in [0.717, 1.165) is 55.0 Å². The fourth-order valence-electron chi connectivity index (χ4n) is 4.90. The SMILES string of the molecule is COc1ccc(C2(C(=O)Nc3ccc(OCCN4CCCCC4)cc3)CCCC2)cc1. The van der Waals surface area contributed by atoms with Gasteiger partial charge in [0.25, 0.3) is 0 Å². The normalized spacial score (nSPS) is 18.5. The van der Waals surface area contributed by atoms with Crippen molar-refractivity contribution < 1.29 is 14.3 Å². The molecule has 1 aliphatic carbocycles. The molecule has 0 unspecified atom stereocenters. The van der Waals surface area contributed by atoms with E-state index in [2.05, 4.69) is 10.2 Å². The molecule has 2 fully saturated rings. The van der Waals surface area contributed by atoms with E-state index in [-0.39, 0.29) is 5.91 Å². The molecule has 1 aliphatic heterocycles. The zero-order valence-electron chi connectivity index (χ0n) is 18.6. The van der Waals surface area contributed by atoms with E-state index in [1.54, 1.807) is 7.11 Å². The Morgan fingerprint density at radius 2 is 1.55 bits per heavy atom. The molecular formula is C26H34N2O3. The van der Waals surface area contributed by atoms with Gasteiger partial charge in [0.1, 0.15) is 18.1 Å². The van der Waals surface area contributed by atoms with Crippen LogP contribution in [0, 0.1) is 0 Å². The summed E-state index contributed by atoms with van der Waals surface area (Å²) in [5, 5.41) is 3.15. The first kappa shape index (κ1) is 21.7. The van der Waals surface area contributed by atoms with Crippen LogP contribution in [-0.2, 0) is 10.2 Å². The Labute approximate surface area is 185 Å². The Bertz CT molecular complexity index is 836. The van der Waals surface area contributed by atoms with Crippen molar-refractivity contribution in [2.24, 2.45) is 0 Å². The molecule has 166 valence electrons. The summed E-state index contributed by atoms with van der Waals surface area (Å²) in [6, 6.07) is 15.7. The van der Waals surface area contributed by atoms with Crippen LogP contribution in [0.15, 0.2) is 48.5 Å². The number of benzene rings is 2. The molecule has 0 radical (unpaired) electrons. The number of likely N-dealkylation sites (tertiary alicyclic amines) is 1. The average Bonchev–Trinajstić information content (AvgIpc) is 3.32. The van der Waals surface area contributed by atoms with Crippen LogP contribution in [0.4, 0.5) is 5.69 Å². The van der Waals surface area contributed by atoms with Crippen LogP contribution in [-0.4, -0.2) is 44.2 Å². The van der Waals surface area contributed by atoms with Crippen molar-refractivity contribution in [2.45, 2.75) is 50.4 Å². The van der Waals surface area contributed by atoms with E-state index in [1.807, 2.05) is 48.5 Å². The molecule has 0 aromatic heterocycles. The summed E-state index contributed by atoms with van der Waals surface area (Å²) in [5.41, 5.74) is 1.42. The molecule has 1 N–H and O–H groups in total. The average molecular weight is 423 g/mol. The number of hydrogen-bond acceptors (Lipinski definition) is 4. The summed E-state index contributed by atoms with van der Waals surface area (Å²) >= 11 is 0. The standard InChI is InChI=1S/C26H34N2O3/c1-30-23-11-7-21(8-12-23)26(15-3-4-16-26)25(29)27-22-9-13-24(14-10-22)31-20-19-28-17-5-2-6-18-28/h7-14H,2-6,15-20H2,1H3,(H,27,29). The maximum atomic E-state index is 13.3. The number of carbonyl (C=O) groups is 1. The molecule has 0 atom stereocenters. The number of methoxy groups -OCH3 is 1. The number of nitrogens with one attached hydrogen (secondary N) is 1. The van der Waals surface area contributed by atoms with Gasteiger partial charge in [-0.05, 0) is 80.7 Å². The molecule has 1 saturated carbocycles. The third kappa shape index (κ3) is 5.21.